The van der Waals surface area contributed by atoms with Crippen LogP contribution in [0.15, 0.2) is 0 Å². The molecular formula is C10H21P. The number of rotatable bonds is 5. The van der Waals surface area contributed by atoms with Crippen LogP contribution in [0, 0.1) is 0 Å². The molecular weight excluding hydrogens is 151 g/mol. The van der Waals surface area contributed by atoms with Gasteiger partial charge in [0, 0.05) is 0 Å². The van der Waals surface area contributed by atoms with Gasteiger partial charge in [-0.05, 0) is 31.1 Å². The fourth-order valence-electron chi connectivity index (χ4n) is 1.81. The highest BCUT2D eigenvalue weighted by atomic mass is 31.1. The Bertz CT molecular complexity index is 84.9. The minimum Gasteiger partial charge on any atom is -0.119 e. The Kier molecular flexibility index (Phi) is 5.19. The Hall–Kier alpha value is 0.430. The highest BCUT2D eigenvalue weighted by Gasteiger charge is 2.13. The molecule has 0 N–H and O–H groups in total. The van der Waals surface area contributed by atoms with Gasteiger partial charge in [-0.15, -0.1) is 8.58 Å². The third kappa shape index (κ3) is 4.11. The zero-order valence-electron chi connectivity index (χ0n) is 7.73. The van der Waals surface area contributed by atoms with E-state index in [1.807, 2.05) is 0 Å². The molecule has 1 atom stereocenters. The second-order valence-electron chi connectivity index (χ2n) is 3.64. The maximum absolute atomic E-state index is 2.29. The summed E-state index contributed by atoms with van der Waals surface area (Å²) in [4.78, 5) is 0. The first-order chi connectivity index (χ1) is 5.43. The Morgan fingerprint density at radius 2 is 1.91 bits per heavy atom. The van der Waals surface area contributed by atoms with Crippen molar-refractivity contribution in [2.45, 2.75) is 57.5 Å². The van der Waals surface area contributed by atoms with Crippen molar-refractivity contribution in [3.8, 4) is 0 Å². The van der Waals surface area contributed by atoms with Crippen LogP contribution in [0.1, 0.15) is 51.9 Å². The third-order valence-electron chi connectivity index (χ3n) is 2.57. The molecule has 1 saturated carbocycles. The van der Waals surface area contributed by atoms with E-state index in [2.05, 4.69) is 6.92 Å². The lowest BCUT2D eigenvalue weighted by Crippen LogP contribution is -1.92. The predicted octanol–water partition coefficient (Wildman–Crippen LogP) is 3.80. The molecule has 0 aromatic carbocycles. The lowest BCUT2D eigenvalue weighted by molar-refractivity contribution is 0.772. The molecule has 11 heavy (non-hydrogen) atoms. The van der Waals surface area contributed by atoms with Crippen LogP contribution in [0.25, 0.3) is 0 Å². The van der Waals surface area contributed by atoms with Gasteiger partial charge in [-0.3, -0.25) is 0 Å². The van der Waals surface area contributed by atoms with Gasteiger partial charge >= 0.3 is 0 Å². The van der Waals surface area contributed by atoms with E-state index < -0.39 is 0 Å². The molecule has 0 heterocycles. The standard InChI is InChI=1S/C10H21P/c1-2-3-6-9-11-10-7-4-5-8-10/h10-11H,2-9H2,1H3. The van der Waals surface area contributed by atoms with Crippen molar-refractivity contribution in [3.05, 3.63) is 0 Å². The number of unbranched alkanes of at least 4 members (excludes halogenated alkanes) is 2. The summed E-state index contributed by atoms with van der Waals surface area (Å²) in [6.07, 6.45) is 12.0. The molecule has 1 aliphatic rings. The molecule has 0 bridgehead atoms. The Labute approximate surface area is 72.9 Å². The van der Waals surface area contributed by atoms with Gasteiger partial charge < -0.3 is 0 Å². The third-order valence-corrected chi connectivity index (χ3v) is 4.37. The molecule has 0 aromatic rings. The van der Waals surface area contributed by atoms with Gasteiger partial charge in [-0.1, -0.05) is 32.6 Å². The van der Waals surface area contributed by atoms with Crippen molar-refractivity contribution >= 4 is 8.58 Å². The van der Waals surface area contributed by atoms with E-state index in [9.17, 15) is 0 Å². The van der Waals surface area contributed by atoms with E-state index in [1.165, 1.54) is 46.8 Å². The summed E-state index contributed by atoms with van der Waals surface area (Å²) in [6.45, 7) is 2.29. The smallest absolute Gasteiger partial charge is 0.0237 e. The second kappa shape index (κ2) is 6.00. The SMILES string of the molecule is CCCCCPC1CCCC1. The van der Waals surface area contributed by atoms with Crippen molar-refractivity contribution < 1.29 is 0 Å². The Morgan fingerprint density at radius 1 is 1.18 bits per heavy atom. The summed E-state index contributed by atoms with van der Waals surface area (Å²) in [5.41, 5.74) is 1.15. The predicted molar refractivity (Wildman–Crippen MR) is 55.0 cm³/mol. The van der Waals surface area contributed by atoms with E-state index in [-0.39, 0.29) is 0 Å². The van der Waals surface area contributed by atoms with E-state index >= 15 is 0 Å². The second-order valence-corrected chi connectivity index (χ2v) is 5.37. The molecule has 1 fully saturated rings. The monoisotopic (exact) mass is 172 g/mol. The molecule has 0 spiro atoms. The largest absolute Gasteiger partial charge is 0.119 e. The average Bonchev–Trinajstić information content (AvgIpc) is 2.50. The molecule has 0 nitrogen and oxygen atoms in total. The molecule has 1 unspecified atom stereocenters. The summed E-state index contributed by atoms with van der Waals surface area (Å²) >= 11 is 0. The topological polar surface area (TPSA) is 0 Å². The summed E-state index contributed by atoms with van der Waals surface area (Å²) in [5, 5.41) is 0. The first-order valence-corrected chi connectivity index (χ1v) is 6.45. The van der Waals surface area contributed by atoms with Crippen LogP contribution in [-0.4, -0.2) is 11.8 Å². The summed E-state index contributed by atoms with van der Waals surface area (Å²) in [7, 11) is 1.30. The average molecular weight is 172 g/mol. The van der Waals surface area contributed by atoms with Crippen molar-refractivity contribution in [3.63, 3.8) is 0 Å². The maximum Gasteiger partial charge on any atom is -0.0237 e. The fourth-order valence-corrected chi connectivity index (χ4v) is 3.49. The fraction of sp³-hybridized carbons (Fsp3) is 1.00. The van der Waals surface area contributed by atoms with Gasteiger partial charge in [0.2, 0.25) is 0 Å². The van der Waals surface area contributed by atoms with Crippen molar-refractivity contribution in [2.24, 2.45) is 0 Å². The van der Waals surface area contributed by atoms with Gasteiger partial charge in [-0.25, -0.2) is 0 Å². The van der Waals surface area contributed by atoms with Gasteiger partial charge in [0.1, 0.15) is 0 Å². The summed E-state index contributed by atoms with van der Waals surface area (Å²) < 4.78 is 0. The minimum absolute atomic E-state index is 1.15. The molecule has 1 rings (SSSR count). The van der Waals surface area contributed by atoms with Crippen LogP contribution in [0.2, 0.25) is 0 Å². The highest BCUT2D eigenvalue weighted by molar-refractivity contribution is 7.38. The van der Waals surface area contributed by atoms with Gasteiger partial charge in [0.25, 0.3) is 0 Å². The number of hydrogen-bond acceptors (Lipinski definition) is 0. The zero-order chi connectivity index (χ0) is 7.94. The van der Waals surface area contributed by atoms with E-state index in [1.54, 1.807) is 12.8 Å². The first-order valence-electron chi connectivity index (χ1n) is 5.17. The van der Waals surface area contributed by atoms with Crippen molar-refractivity contribution in [2.75, 3.05) is 6.16 Å². The maximum atomic E-state index is 2.29. The zero-order valence-corrected chi connectivity index (χ0v) is 8.73. The van der Waals surface area contributed by atoms with Gasteiger partial charge in [0.05, 0.1) is 0 Å². The van der Waals surface area contributed by atoms with Crippen LogP contribution in [0.4, 0.5) is 0 Å². The lowest BCUT2D eigenvalue weighted by Gasteiger charge is -2.07. The molecule has 66 valence electrons. The van der Waals surface area contributed by atoms with Crippen molar-refractivity contribution in [1.29, 1.82) is 0 Å². The highest BCUT2D eigenvalue weighted by Crippen LogP contribution is 2.34. The van der Waals surface area contributed by atoms with E-state index in [4.69, 9.17) is 0 Å². The minimum atomic E-state index is 1.15. The Balaban J connectivity index is 1.86. The molecule has 0 radical (unpaired) electrons. The van der Waals surface area contributed by atoms with E-state index in [0.717, 1.165) is 5.66 Å². The van der Waals surface area contributed by atoms with Crippen LogP contribution < -0.4 is 0 Å². The molecule has 1 aliphatic carbocycles. The normalized spacial score (nSPS) is 20.5. The molecule has 0 aromatic heterocycles. The van der Waals surface area contributed by atoms with Crippen molar-refractivity contribution in [1.82, 2.24) is 0 Å². The summed E-state index contributed by atoms with van der Waals surface area (Å²) in [6, 6.07) is 0. The molecule has 0 aliphatic heterocycles. The number of hydrogen-bond donors (Lipinski definition) is 0. The molecule has 0 saturated heterocycles. The Morgan fingerprint density at radius 3 is 2.55 bits per heavy atom. The van der Waals surface area contributed by atoms with E-state index in [0.29, 0.717) is 0 Å². The van der Waals surface area contributed by atoms with Gasteiger partial charge in [0.15, 0.2) is 0 Å². The van der Waals surface area contributed by atoms with Gasteiger partial charge in [-0.2, -0.15) is 0 Å². The van der Waals surface area contributed by atoms with Crippen LogP contribution in [0.5, 0.6) is 0 Å². The summed E-state index contributed by atoms with van der Waals surface area (Å²) in [5.74, 6) is 0. The molecule has 0 amide bonds. The quantitative estimate of drug-likeness (QED) is 0.437. The molecule has 1 heteroatoms. The van der Waals surface area contributed by atoms with Crippen LogP contribution >= 0.6 is 8.58 Å². The van der Waals surface area contributed by atoms with Crippen LogP contribution in [0.3, 0.4) is 0 Å². The van der Waals surface area contributed by atoms with Crippen LogP contribution in [-0.2, 0) is 0 Å². The first kappa shape index (κ1) is 9.52. The lowest BCUT2D eigenvalue weighted by atomic mass is 10.3.